The molecule has 1 amide bonds. The molecule has 0 saturated carbocycles. The lowest BCUT2D eigenvalue weighted by molar-refractivity contribution is -0.0498. The van der Waals surface area contributed by atoms with Gasteiger partial charge in [0.15, 0.2) is 0 Å². The third-order valence-corrected chi connectivity index (χ3v) is 2.51. The molecule has 4 nitrogen and oxygen atoms in total. The van der Waals surface area contributed by atoms with Crippen molar-refractivity contribution in [2.45, 2.75) is 13.5 Å². The number of hydrogen-bond acceptors (Lipinski definition) is 3. The molecular weight excluding hydrogens is 254 g/mol. The van der Waals surface area contributed by atoms with Crippen LogP contribution >= 0.6 is 0 Å². The summed E-state index contributed by atoms with van der Waals surface area (Å²) in [7, 11) is 1.85. The molecular formula is C13H18F2N2O2. The van der Waals surface area contributed by atoms with Gasteiger partial charge in [0, 0.05) is 12.1 Å². The zero-order chi connectivity index (χ0) is 14.3. The number of carbonyl (C=O) groups is 1. The van der Waals surface area contributed by atoms with E-state index >= 15 is 0 Å². The highest BCUT2D eigenvalue weighted by Gasteiger charge is 2.09. The molecule has 1 rings (SSSR count). The van der Waals surface area contributed by atoms with Gasteiger partial charge in [0.05, 0.1) is 0 Å². The van der Waals surface area contributed by atoms with E-state index in [4.69, 9.17) is 0 Å². The summed E-state index contributed by atoms with van der Waals surface area (Å²) >= 11 is 0. The van der Waals surface area contributed by atoms with Crippen LogP contribution in [0.3, 0.4) is 0 Å². The van der Waals surface area contributed by atoms with E-state index in [0.29, 0.717) is 18.0 Å². The van der Waals surface area contributed by atoms with Gasteiger partial charge in [-0.1, -0.05) is 6.92 Å². The maximum absolute atomic E-state index is 12.0. The van der Waals surface area contributed by atoms with Crippen LogP contribution in [0.4, 0.5) is 8.78 Å². The van der Waals surface area contributed by atoms with Crippen LogP contribution in [0.5, 0.6) is 5.75 Å². The quantitative estimate of drug-likeness (QED) is 0.796. The Morgan fingerprint density at radius 3 is 2.42 bits per heavy atom. The molecule has 6 heteroatoms. The Balaban J connectivity index is 2.48. The molecule has 0 radical (unpaired) electrons. The Morgan fingerprint density at radius 1 is 1.26 bits per heavy atom. The molecule has 1 atom stereocenters. The summed E-state index contributed by atoms with van der Waals surface area (Å²) < 4.78 is 28.1. The van der Waals surface area contributed by atoms with E-state index in [1.165, 1.54) is 24.3 Å². The van der Waals surface area contributed by atoms with Gasteiger partial charge in [-0.15, -0.1) is 0 Å². The van der Waals surface area contributed by atoms with Crippen molar-refractivity contribution in [3.63, 3.8) is 0 Å². The van der Waals surface area contributed by atoms with Gasteiger partial charge in [0.25, 0.3) is 5.91 Å². The summed E-state index contributed by atoms with van der Waals surface area (Å²) in [6, 6.07) is 5.60. The molecule has 0 aromatic heterocycles. The highest BCUT2D eigenvalue weighted by atomic mass is 19.3. The number of alkyl halides is 2. The van der Waals surface area contributed by atoms with E-state index in [1.807, 2.05) is 14.0 Å². The van der Waals surface area contributed by atoms with Crippen molar-refractivity contribution >= 4 is 5.91 Å². The molecule has 2 N–H and O–H groups in total. The average molecular weight is 272 g/mol. The van der Waals surface area contributed by atoms with Crippen molar-refractivity contribution in [1.82, 2.24) is 10.6 Å². The maximum Gasteiger partial charge on any atom is 0.387 e. The van der Waals surface area contributed by atoms with E-state index in [-0.39, 0.29) is 11.7 Å². The molecule has 0 saturated heterocycles. The monoisotopic (exact) mass is 272 g/mol. The third kappa shape index (κ3) is 5.65. The van der Waals surface area contributed by atoms with E-state index < -0.39 is 6.61 Å². The topological polar surface area (TPSA) is 50.4 Å². The minimum Gasteiger partial charge on any atom is -0.435 e. The number of rotatable bonds is 7. The Hall–Kier alpha value is -1.69. The zero-order valence-electron chi connectivity index (χ0n) is 11.0. The van der Waals surface area contributed by atoms with Gasteiger partial charge >= 0.3 is 6.61 Å². The van der Waals surface area contributed by atoms with Gasteiger partial charge in [-0.2, -0.15) is 8.78 Å². The normalized spacial score (nSPS) is 12.3. The first-order valence-corrected chi connectivity index (χ1v) is 6.00. The number of halogens is 2. The number of amides is 1. The number of carbonyl (C=O) groups excluding carboxylic acids is 1. The molecule has 1 unspecified atom stereocenters. The van der Waals surface area contributed by atoms with Crippen molar-refractivity contribution in [3.05, 3.63) is 29.8 Å². The SMILES string of the molecule is CNCC(C)CNC(=O)c1ccc(OC(F)F)cc1. The standard InChI is InChI=1S/C13H18F2N2O2/c1-9(7-16-2)8-17-12(18)10-3-5-11(6-4-10)19-13(14)15/h3-6,9,13,16H,7-8H2,1-2H3,(H,17,18). The molecule has 1 aromatic rings. The van der Waals surface area contributed by atoms with E-state index in [9.17, 15) is 13.6 Å². The van der Waals surface area contributed by atoms with Crippen LogP contribution in [-0.4, -0.2) is 32.7 Å². The molecule has 0 heterocycles. The Bertz CT molecular complexity index is 396. The Kier molecular flexibility index (Phi) is 6.21. The first kappa shape index (κ1) is 15.4. The van der Waals surface area contributed by atoms with Crippen molar-refractivity contribution in [2.75, 3.05) is 20.1 Å². The number of nitrogens with one attached hydrogen (secondary N) is 2. The lowest BCUT2D eigenvalue weighted by Crippen LogP contribution is -2.32. The van der Waals surface area contributed by atoms with Gasteiger partial charge in [-0.3, -0.25) is 4.79 Å². The number of benzene rings is 1. The number of hydrogen-bond donors (Lipinski definition) is 2. The summed E-state index contributed by atoms with van der Waals surface area (Å²) in [6.45, 7) is 0.509. The fourth-order valence-electron chi connectivity index (χ4n) is 1.58. The van der Waals surface area contributed by atoms with Gasteiger partial charge in [-0.05, 0) is 43.8 Å². The minimum atomic E-state index is -2.86. The molecule has 1 aromatic carbocycles. The third-order valence-electron chi connectivity index (χ3n) is 2.51. The van der Waals surface area contributed by atoms with E-state index in [1.54, 1.807) is 0 Å². The lowest BCUT2D eigenvalue weighted by Gasteiger charge is -2.12. The summed E-state index contributed by atoms with van der Waals surface area (Å²) in [6.07, 6.45) is 0. The van der Waals surface area contributed by atoms with Crippen LogP contribution in [0.2, 0.25) is 0 Å². The minimum absolute atomic E-state index is 0.0371. The molecule has 0 fully saturated rings. The van der Waals surface area contributed by atoms with E-state index in [2.05, 4.69) is 15.4 Å². The van der Waals surface area contributed by atoms with Crippen molar-refractivity contribution in [3.8, 4) is 5.75 Å². The lowest BCUT2D eigenvalue weighted by atomic mass is 10.1. The highest BCUT2D eigenvalue weighted by Crippen LogP contribution is 2.14. The first-order valence-electron chi connectivity index (χ1n) is 6.00. The summed E-state index contributed by atoms with van der Waals surface area (Å²) in [4.78, 5) is 11.8. The second kappa shape index (κ2) is 7.68. The smallest absolute Gasteiger partial charge is 0.387 e. The van der Waals surface area contributed by atoms with Crippen LogP contribution in [0.1, 0.15) is 17.3 Å². The Morgan fingerprint density at radius 2 is 1.89 bits per heavy atom. The summed E-state index contributed by atoms with van der Waals surface area (Å²) in [5, 5.41) is 5.79. The molecule has 0 aliphatic rings. The molecule has 0 bridgehead atoms. The van der Waals surface area contributed by atoms with Crippen LogP contribution in [0, 0.1) is 5.92 Å². The predicted octanol–water partition coefficient (Wildman–Crippen LogP) is 1.87. The van der Waals surface area contributed by atoms with Crippen molar-refractivity contribution in [2.24, 2.45) is 5.92 Å². The predicted molar refractivity (Wildman–Crippen MR) is 68.5 cm³/mol. The van der Waals surface area contributed by atoms with Gasteiger partial charge in [-0.25, -0.2) is 0 Å². The second-order valence-electron chi connectivity index (χ2n) is 4.28. The molecule has 0 spiro atoms. The largest absolute Gasteiger partial charge is 0.435 e. The van der Waals surface area contributed by atoms with Crippen LogP contribution in [0.25, 0.3) is 0 Å². The van der Waals surface area contributed by atoms with Gasteiger partial charge in [0.2, 0.25) is 0 Å². The summed E-state index contributed by atoms with van der Waals surface area (Å²) in [5.74, 6) is 0.122. The van der Waals surface area contributed by atoms with Crippen molar-refractivity contribution < 1.29 is 18.3 Å². The fourth-order valence-corrected chi connectivity index (χ4v) is 1.58. The van der Waals surface area contributed by atoms with Gasteiger partial charge in [0.1, 0.15) is 5.75 Å². The first-order chi connectivity index (χ1) is 9.02. The average Bonchev–Trinajstić information content (AvgIpc) is 2.36. The zero-order valence-corrected chi connectivity index (χ0v) is 11.0. The maximum atomic E-state index is 12.0. The molecule has 19 heavy (non-hydrogen) atoms. The van der Waals surface area contributed by atoms with Crippen LogP contribution in [-0.2, 0) is 0 Å². The summed E-state index contributed by atoms with van der Waals surface area (Å²) in [5.41, 5.74) is 0.415. The van der Waals surface area contributed by atoms with E-state index in [0.717, 1.165) is 6.54 Å². The van der Waals surface area contributed by atoms with Gasteiger partial charge < -0.3 is 15.4 Å². The van der Waals surface area contributed by atoms with Crippen molar-refractivity contribution in [1.29, 1.82) is 0 Å². The van der Waals surface area contributed by atoms with Crippen LogP contribution < -0.4 is 15.4 Å². The molecule has 0 aliphatic heterocycles. The number of ether oxygens (including phenoxy) is 1. The Labute approximate surface area is 111 Å². The molecule has 0 aliphatic carbocycles. The molecule has 106 valence electrons. The second-order valence-corrected chi connectivity index (χ2v) is 4.28. The highest BCUT2D eigenvalue weighted by molar-refractivity contribution is 5.94. The fraction of sp³-hybridized carbons (Fsp3) is 0.462. The van der Waals surface area contributed by atoms with Crippen LogP contribution in [0.15, 0.2) is 24.3 Å².